The highest BCUT2D eigenvalue weighted by Crippen LogP contribution is 2.40. The Morgan fingerprint density at radius 2 is 2.28 bits per heavy atom. The Bertz CT molecular complexity index is 373. The molecule has 1 unspecified atom stereocenters. The minimum absolute atomic E-state index is 0.152. The van der Waals surface area contributed by atoms with Gasteiger partial charge in [0.1, 0.15) is 5.82 Å². The summed E-state index contributed by atoms with van der Waals surface area (Å²) >= 11 is 0. The van der Waals surface area contributed by atoms with E-state index in [0.717, 1.165) is 31.8 Å². The van der Waals surface area contributed by atoms with Gasteiger partial charge < -0.3 is 15.0 Å². The second-order valence-electron chi connectivity index (χ2n) is 5.34. The topological polar surface area (TPSA) is 50.1 Å². The van der Waals surface area contributed by atoms with Crippen LogP contribution in [0.4, 0.5) is 0 Å². The number of imidazole rings is 1. The fraction of sp³-hybridized carbons (Fsp3) is 0.786. The molecule has 0 saturated heterocycles. The van der Waals surface area contributed by atoms with Gasteiger partial charge >= 0.3 is 0 Å². The summed E-state index contributed by atoms with van der Waals surface area (Å²) in [6, 6.07) is 0. The molecular weight excluding hydrogens is 226 g/mol. The Kier molecular flexibility index (Phi) is 4.40. The van der Waals surface area contributed by atoms with E-state index < -0.39 is 0 Å². The zero-order valence-corrected chi connectivity index (χ0v) is 11.5. The zero-order valence-electron chi connectivity index (χ0n) is 11.5. The third kappa shape index (κ3) is 2.75. The van der Waals surface area contributed by atoms with Crippen LogP contribution in [0.25, 0.3) is 0 Å². The first-order valence-electron chi connectivity index (χ1n) is 7.11. The molecule has 1 aliphatic carbocycles. The van der Waals surface area contributed by atoms with Crippen LogP contribution in [-0.4, -0.2) is 33.3 Å². The standard InChI is InChI=1S/C14H25N3O/c1-3-7-16-14(11-18,12-5-6-12)10-17-9-8-15-13(17)4-2/h8-9,12,16,18H,3-7,10-11H2,1-2H3. The molecule has 1 atom stereocenters. The summed E-state index contributed by atoms with van der Waals surface area (Å²) in [5.74, 6) is 1.72. The van der Waals surface area contributed by atoms with Gasteiger partial charge in [0.25, 0.3) is 0 Å². The highest BCUT2D eigenvalue weighted by Gasteiger charge is 2.44. The molecule has 0 spiro atoms. The summed E-state index contributed by atoms with van der Waals surface area (Å²) in [6.45, 7) is 6.29. The van der Waals surface area contributed by atoms with E-state index >= 15 is 0 Å². The second-order valence-corrected chi connectivity index (χ2v) is 5.34. The number of rotatable bonds is 8. The summed E-state index contributed by atoms with van der Waals surface area (Å²) in [6.07, 6.45) is 8.37. The van der Waals surface area contributed by atoms with Crippen molar-refractivity contribution in [2.24, 2.45) is 5.92 Å². The van der Waals surface area contributed by atoms with Crippen LogP contribution < -0.4 is 5.32 Å². The summed E-state index contributed by atoms with van der Waals surface area (Å²) in [4.78, 5) is 4.37. The average molecular weight is 251 g/mol. The summed E-state index contributed by atoms with van der Waals surface area (Å²) in [5, 5.41) is 13.5. The van der Waals surface area contributed by atoms with Crippen molar-refractivity contribution in [1.29, 1.82) is 0 Å². The van der Waals surface area contributed by atoms with Crippen LogP contribution in [0.15, 0.2) is 12.4 Å². The van der Waals surface area contributed by atoms with E-state index in [4.69, 9.17) is 0 Å². The van der Waals surface area contributed by atoms with Gasteiger partial charge in [-0.3, -0.25) is 0 Å². The van der Waals surface area contributed by atoms with Gasteiger partial charge in [0.15, 0.2) is 0 Å². The minimum atomic E-state index is -0.152. The van der Waals surface area contributed by atoms with Crippen molar-refractivity contribution in [1.82, 2.24) is 14.9 Å². The molecule has 102 valence electrons. The number of aliphatic hydroxyl groups excluding tert-OH is 1. The molecule has 2 N–H and O–H groups in total. The van der Waals surface area contributed by atoms with E-state index in [2.05, 4.69) is 28.7 Å². The van der Waals surface area contributed by atoms with Crippen LogP contribution in [-0.2, 0) is 13.0 Å². The van der Waals surface area contributed by atoms with Gasteiger partial charge in [-0.05, 0) is 31.7 Å². The maximum atomic E-state index is 9.88. The highest BCUT2D eigenvalue weighted by molar-refractivity contribution is 5.04. The normalized spacial score (nSPS) is 18.8. The molecule has 18 heavy (non-hydrogen) atoms. The molecule has 1 fully saturated rings. The number of hydrogen-bond acceptors (Lipinski definition) is 3. The number of nitrogens with one attached hydrogen (secondary N) is 1. The lowest BCUT2D eigenvalue weighted by Gasteiger charge is -2.34. The van der Waals surface area contributed by atoms with E-state index in [0.29, 0.717) is 5.92 Å². The predicted octanol–water partition coefficient (Wildman–Crippen LogP) is 1.59. The van der Waals surface area contributed by atoms with Gasteiger partial charge in [0.2, 0.25) is 0 Å². The average Bonchev–Trinajstić information content (AvgIpc) is 3.16. The van der Waals surface area contributed by atoms with Crippen molar-refractivity contribution < 1.29 is 5.11 Å². The molecule has 1 aliphatic rings. The Balaban J connectivity index is 2.13. The highest BCUT2D eigenvalue weighted by atomic mass is 16.3. The van der Waals surface area contributed by atoms with E-state index in [-0.39, 0.29) is 12.1 Å². The molecule has 0 radical (unpaired) electrons. The number of aryl methyl sites for hydroxylation is 1. The Morgan fingerprint density at radius 1 is 1.50 bits per heavy atom. The van der Waals surface area contributed by atoms with Gasteiger partial charge in [-0.1, -0.05) is 13.8 Å². The van der Waals surface area contributed by atoms with Crippen LogP contribution >= 0.6 is 0 Å². The van der Waals surface area contributed by atoms with Crippen molar-refractivity contribution in [2.45, 2.75) is 51.6 Å². The van der Waals surface area contributed by atoms with E-state index in [1.54, 1.807) is 0 Å². The van der Waals surface area contributed by atoms with Crippen LogP contribution in [0.2, 0.25) is 0 Å². The molecule has 4 nitrogen and oxygen atoms in total. The third-order valence-corrected chi connectivity index (χ3v) is 3.94. The van der Waals surface area contributed by atoms with Crippen LogP contribution in [0.1, 0.15) is 38.9 Å². The SMILES string of the molecule is CCCNC(CO)(Cn1ccnc1CC)C1CC1. The third-order valence-electron chi connectivity index (χ3n) is 3.94. The molecule has 1 aromatic heterocycles. The Morgan fingerprint density at radius 3 is 2.83 bits per heavy atom. The summed E-state index contributed by atoms with van der Waals surface area (Å²) in [5.41, 5.74) is -0.152. The fourth-order valence-electron chi connectivity index (χ4n) is 2.68. The van der Waals surface area contributed by atoms with Gasteiger partial charge in [-0.15, -0.1) is 0 Å². The van der Waals surface area contributed by atoms with Crippen LogP contribution in [0.3, 0.4) is 0 Å². The monoisotopic (exact) mass is 251 g/mol. The van der Waals surface area contributed by atoms with Crippen LogP contribution in [0.5, 0.6) is 0 Å². The van der Waals surface area contributed by atoms with E-state index in [9.17, 15) is 5.11 Å². The van der Waals surface area contributed by atoms with Gasteiger partial charge in [0.05, 0.1) is 12.1 Å². The number of aliphatic hydroxyl groups is 1. The lowest BCUT2D eigenvalue weighted by atomic mass is 9.93. The smallest absolute Gasteiger partial charge is 0.108 e. The Hall–Kier alpha value is -0.870. The largest absolute Gasteiger partial charge is 0.394 e. The minimum Gasteiger partial charge on any atom is -0.394 e. The van der Waals surface area contributed by atoms with Crippen molar-refractivity contribution in [3.63, 3.8) is 0 Å². The van der Waals surface area contributed by atoms with Crippen molar-refractivity contribution >= 4 is 0 Å². The molecule has 2 rings (SSSR count). The van der Waals surface area contributed by atoms with Crippen molar-refractivity contribution in [3.05, 3.63) is 18.2 Å². The predicted molar refractivity (Wildman–Crippen MR) is 72.4 cm³/mol. The number of aromatic nitrogens is 2. The van der Waals surface area contributed by atoms with Crippen molar-refractivity contribution in [3.8, 4) is 0 Å². The van der Waals surface area contributed by atoms with Gasteiger partial charge in [-0.2, -0.15) is 0 Å². The first-order chi connectivity index (χ1) is 8.75. The fourth-order valence-corrected chi connectivity index (χ4v) is 2.68. The molecule has 0 aliphatic heterocycles. The maximum absolute atomic E-state index is 9.88. The molecule has 4 heteroatoms. The molecule has 1 aromatic rings. The lowest BCUT2D eigenvalue weighted by Crippen LogP contribution is -2.54. The van der Waals surface area contributed by atoms with E-state index in [1.807, 2.05) is 12.4 Å². The first-order valence-corrected chi connectivity index (χ1v) is 7.11. The molecule has 0 bridgehead atoms. The molecule has 0 aromatic carbocycles. The number of nitrogens with zero attached hydrogens (tertiary/aromatic N) is 2. The lowest BCUT2D eigenvalue weighted by molar-refractivity contribution is 0.121. The summed E-state index contributed by atoms with van der Waals surface area (Å²) < 4.78 is 2.19. The van der Waals surface area contributed by atoms with Crippen LogP contribution in [0, 0.1) is 5.92 Å². The quantitative estimate of drug-likeness (QED) is 0.737. The summed E-state index contributed by atoms with van der Waals surface area (Å²) in [7, 11) is 0. The molecular formula is C14H25N3O. The Labute approximate surface area is 109 Å². The first kappa shape index (κ1) is 13.6. The number of hydrogen-bond donors (Lipinski definition) is 2. The molecule has 1 saturated carbocycles. The van der Waals surface area contributed by atoms with Crippen molar-refractivity contribution in [2.75, 3.05) is 13.2 Å². The second kappa shape index (κ2) is 5.85. The van der Waals surface area contributed by atoms with E-state index in [1.165, 1.54) is 12.8 Å². The van der Waals surface area contributed by atoms with Gasteiger partial charge in [-0.25, -0.2) is 4.98 Å². The molecule has 0 amide bonds. The molecule has 1 heterocycles. The van der Waals surface area contributed by atoms with Gasteiger partial charge in [0, 0.05) is 25.4 Å². The zero-order chi connectivity index (χ0) is 13.0. The maximum Gasteiger partial charge on any atom is 0.108 e.